The third kappa shape index (κ3) is 5.01. The second-order valence-corrected chi connectivity index (χ2v) is 9.17. The standard InChI is InChI=1S/C25H30FN5O2S/c1-32-22-10-8-21(9-11-22)29-14-12-28(13-15-29)18-31-25(34)30(17-23-3-2-16-33-23)24(27-31)19-4-6-20(26)7-5-19/h4-11,23H,2-3,12-18H2,1H3. The maximum atomic E-state index is 13.5. The van der Waals surface area contributed by atoms with Crippen LogP contribution >= 0.6 is 12.2 Å². The zero-order chi connectivity index (χ0) is 23.5. The summed E-state index contributed by atoms with van der Waals surface area (Å²) in [5.74, 6) is 1.37. The highest BCUT2D eigenvalue weighted by molar-refractivity contribution is 7.71. The van der Waals surface area contributed by atoms with Gasteiger partial charge in [0.1, 0.15) is 11.6 Å². The number of benzene rings is 2. The molecule has 0 N–H and O–H groups in total. The highest BCUT2D eigenvalue weighted by Gasteiger charge is 2.23. The summed E-state index contributed by atoms with van der Waals surface area (Å²) in [6, 6.07) is 14.7. The molecule has 7 nitrogen and oxygen atoms in total. The topological polar surface area (TPSA) is 47.7 Å². The summed E-state index contributed by atoms with van der Waals surface area (Å²) in [7, 11) is 1.68. The van der Waals surface area contributed by atoms with E-state index in [1.165, 1.54) is 17.8 Å². The highest BCUT2D eigenvalue weighted by atomic mass is 32.1. The van der Waals surface area contributed by atoms with Crippen molar-refractivity contribution in [2.75, 3.05) is 44.8 Å². The Labute approximate surface area is 204 Å². The monoisotopic (exact) mass is 483 g/mol. The Balaban J connectivity index is 1.31. The third-order valence-corrected chi connectivity index (χ3v) is 7.01. The first-order valence-electron chi connectivity index (χ1n) is 11.8. The molecule has 3 heterocycles. The van der Waals surface area contributed by atoms with Crippen LogP contribution in [0.15, 0.2) is 48.5 Å². The maximum Gasteiger partial charge on any atom is 0.199 e. The van der Waals surface area contributed by atoms with Gasteiger partial charge in [-0.15, -0.1) is 0 Å². The van der Waals surface area contributed by atoms with E-state index in [9.17, 15) is 4.39 Å². The summed E-state index contributed by atoms with van der Waals surface area (Å²) in [5.41, 5.74) is 2.06. The summed E-state index contributed by atoms with van der Waals surface area (Å²) in [6.45, 7) is 5.77. The number of halogens is 1. The summed E-state index contributed by atoms with van der Waals surface area (Å²) >= 11 is 5.85. The molecule has 2 fully saturated rings. The molecule has 1 aromatic heterocycles. The van der Waals surface area contributed by atoms with Crippen LogP contribution in [0.4, 0.5) is 10.1 Å². The van der Waals surface area contributed by atoms with Crippen LogP contribution in [0.2, 0.25) is 0 Å². The van der Waals surface area contributed by atoms with Gasteiger partial charge in [-0.05, 0) is 73.6 Å². The van der Waals surface area contributed by atoms with Gasteiger partial charge < -0.3 is 14.4 Å². The van der Waals surface area contributed by atoms with E-state index in [4.69, 9.17) is 26.8 Å². The number of hydrogen-bond donors (Lipinski definition) is 0. The Kier molecular flexibility index (Phi) is 6.94. The molecule has 2 aromatic carbocycles. The first-order valence-corrected chi connectivity index (χ1v) is 12.2. The van der Waals surface area contributed by atoms with Crippen molar-refractivity contribution in [1.82, 2.24) is 19.2 Å². The van der Waals surface area contributed by atoms with E-state index in [1.54, 1.807) is 19.2 Å². The van der Waals surface area contributed by atoms with E-state index in [2.05, 4.69) is 21.9 Å². The van der Waals surface area contributed by atoms with Gasteiger partial charge in [0.15, 0.2) is 10.6 Å². The van der Waals surface area contributed by atoms with Gasteiger partial charge in [0.25, 0.3) is 0 Å². The molecule has 0 aliphatic carbocycles. The molecule has 34 heavy (non-hydrogen) atoms. The molecular weight excluding hydrogens is 453 g/mol. The largest absolute Gasteiger partial charge is 0.497 e. The summed E-state index contributed by atoms with van der Waals surface area (Å²) < 4.78 is 29.3. The van der Waals surface area contributed by atoms with Crippen LogP contribution in [0.3, 0.4) is 0 Å². The molecule has 1 unspecified atom stereocenters. The lowest BCUT2D eigenvalue weighted by molar-refractivity contribution is 0.0966. The zero-order valence-electron chi connectivity index (χ0n) is 19.4. The van der Waals surface area contributed by atoms with Crippen LogP contribution in [0, 0.1) is 10.6 Å². The zero-order valence-corrected chi connectivity index (χ0v) is 20.2. The van der Waals surface area contributed by atoms with Gasteiger partial charge >= 0.3 is 0 Å². The molecule has 9 heteroatoms. The summed E-state index contributed by atoms with van der Waals surface area (Å²) in [4.78, 5) is 4.75. The van der Waals surface area contributed by atoms with Crippen LogP contribution in [-0.4, -0.2) is 65.2 Å². The van der Waals surface area contributed by atoms with E-state index in [0.29, 0.717) is 18.0 Å². The Hall–Kier alpha value is -2.75. The van der Waals surface area contributed by atoms with E-state index in [-0.39, 0.29) is 11.9 Å². The van der Waals surface area contributed by atoms with Gasteiger partial charge in [0.2, 0.25) is 0 Å². The molecule has 180 valence electrons. The Morgan fingerprint density at radius 1 is 1.06 bits per heavy atom. The molecule has 2 saturated heterocycles. The Morgan fingerprint density at radius 3 is 2.44 bits per heavy atom. The number of anilines is 1. The van der Waals surface area contributed by atoms with E-state index in [1.807, 2.05) is 21.4 Å². The second-order valence-electron chi connectivity index (χ2n) is 8.80. The van der Waals surface area contributed by atoms with Crippen molar-refractivity contribution < 1.29 is 13.9 Å². The number of piperazine rings is 1. The predicted octanol–water partition coefficient (Wildman–Crippen LogP) is 4.19. The van der Waals surface area contributed by atoms with Crippen molar-refractivity contribution in [3.05, 3.63) is 59.1 Å². The van der Waals surface area contributed by atoms with Gasteiger partial charge in [0.05, 0.1) is 26.4 Å². The van der Waals surface area contributed by atoms with Crippen molar-refractivity contribution in [2.24, 2.45) is 0 Å². The van der Waals surface area contributed by atoms with Crippen molar-refractivity contribution in [3.8, 4) is 17.1 Å². The molecule has 0 amide bonds. The quantitative estimate of drug-likeness (QED) is 0.470. The van der Waals surface area contributed by atoms with Crippen molar-refractivity contribution >= 4 is 17.9 Å². The third-order valence-electron chi connectivity index (χ3n) is 6.58. The Bertz CT molecular complexity index is 1150. The summed E-state index contributed by atoms with van der Waals surface area (Å²) in [5, 5.41) is 4.87. The average molecular weight is 484 g/mol. The Morgan fingerprint density at radius 2 is 1.79 bits per heavy atom. The van der Waals surface area contributed by atoms with E-state index in [0.717, 1.165) is 62.8 Å². The van der Waals surface area contributed by atoms with Crippen LogP contribution in [0.1, 0.15) is 12.8 Å². The van der Waals surface area contributed by atoms with E-state index >= 15 is 0 Å². The van der Waals surface area contributed by atoms with Crippen LogP contribution < -0.4 is 9.64 Å². The fraction of sp³-hybridized carbons (Fsp3) is 0.440. The number of nitrogens with zero attached hydrogens (tertiary/aromatic N) is 5. The summed E-state index contributed by atoms with van der Waals surface area (Å²) in [6.07, 6.45) is 2.22. The van der Waals surface area contributed by atoms with Crippen molar-refractivity contribution in [2.45, 2.75) is 32.2 Å². The maximum absolute atomic E-state index is 13.5. The minimum absolute atomic E-state index is 0.136. The number of methoxy groups -OCH3 is 1. The lowest BCUT2D eigenvalue weighted by Crippen LogP contribution is -2.47. The first kappa shape index (κ1) is 23.0. The van der Waals surface area contributed by atoms with Crippen LogP contribution in [0.25, 0.3) is 11.4 Å². The van der Waals surface area contributed by atoms with E-state index < -0.39 is 0 Å². The fourth-order valence-electron chi connectivity index (χ4n) is 4.63. The SMILES string of the molecule is COc1ccc(N2CCN(Cn3nc(-c4ccc(F)cc4)n(CC4CCCO4)c3=S)CC2)cc1. The van der Waals surface area contributed by atoms with Gasteiger partial charge in [-0.2, -0.15) is 5.10 Å². The van der Waals surface area contributed by atoms with Crippen LogP contribution in [0.5, 0.6) is 5.75 Å². The van der Waals surface area contributed by atoms with Gasteiger partial charge in [0, 0.05) is 44.0 Å². The number of aromatic nitrogens is 3. The number of ether oxygens (including phenoxy) is 2. The molecule has 3 aromatic rings. The minimum atomic E-state index is -0.262. The number of hydrogen-bond acceptors (Lipinski definition) is 6. The molecule has 0 radical (unpaired) electrons. The molecule has 2 aliphatic heterocycles. The molecule has 0 spiro atoms. The lowest BCUT2D eigenvalue weighted by Gasteiger charge is -2.35. The minimum Gasteiger partial charge on any atom is -0.497 e. The molecule has 0 bridgehead atoms. The highest BCUT2D eigenvalue weighted by Crippen LogP contribution is 2.24. The fourth-order valence-corrected chi connectivity index (χ4v) is 4.89. The van der Waals surface area contributed by atoms with Crippen molar-refractivity contribution in [3.63, 3.8) is 0 Å². The molecule has 0 saturated carbocycles. The molecule has 1 atom stereocenters. The molecule has 5 rings (SSSR count). The van der Waals surface area contributed by atoms with Gasteiger partial charge in [-0.1, -0.05) is 0 Å². The number of rotatable bonds is 7. The molecule has 2 aliphatic rings. The van der Waals surface area contributed by atoms with Crippen LogP contribution in [-0.2, 0) is 18.0 Å². The van der Waals surface area contributed by atoms with Crippen molar-refractivity contribution in [1.29, 1.82) is 0 Å². The molecular formula is C25H30FN5O2S. The second kappa shape index (κ2) is 10.2. The average Bonchev–Trinajstić information content (AvgIpc) is 3.49. The van der Waals surface area contributed by atoms with Gasteiger partial charge in [-0.3, -0.25) is 9.47 Å². The lowest BCUT2D eigenvalue weighted by atomic mass is 10.2. The predicted molar refractivity (Wildman–Crippen MR) is 132 cm³/mol. The smallest absolute Gasteiger partial charge is 0.199 e. The normalized spacial score (nSPS) is 19.0. The van der Waals surface area contributed by atoms with Gasteiger partial charge in [-0.25, -0.2) is 9.07 Å². The first-order chi connectivity index (χ1) is 16.6.